The molecule has 0 saturated carbocycles. The van der Waals surface area contributed by atoms with Crippen molar-refractivity contribution in [3.8, 4) is 17.8 Å². The predicted octanol–water partition coefficient (Wildman–Crippen LogP) is 1.10. The Morgan fingerprint density at radius 2 is 1.65 bits per heavy atom. The van der Waals surface area contributed by atoms with E-state index in [1.807, 2.05) is 6.07 Å². The summed E-state index contributed by atoms with van der Waals surface area (Å²) in [4.78, 5) is 8.40. The molecule has 1 aromatic heterocycles. The molecular weight excluding hydrogens is 220 g/mol. The Hall–Kier alpha value is -2.55. The van der Waals surface area contributed by atoms with Gasteiger partial charge in [-0.2, -0.15) is 5.26 Å². The smallest absolute Gasteiger partial charge is 0.278 e. The van der Waals surface area contributed by atoms with Crippen LogP contribution in [0.25, 0.3) is 11.0 Å². The lowest BCUT2D eigenvalue weighted by Gasteiger charge is -2.07. The van der Waals surface area contributed by atoms with Crippen LogP contribution in [0.3, 0.4) is 0 Å². The van der Waals surface area contributed by atoms with E-state index in [1.54, 1.807) is 12.1 Å². The van der Waals surface area contributed by atoms with Crippen LogP contribution in [-0.2, 0) is 0 Å². The minimum atomic E-state index is 0.272. The number of methoxy groups -OCH3 is 2. The van der Waals surface area contributed by atoms with Crippen molar-refractivity contribution in [1.82, 2.24) is 9.97 Å². The minimum Gasteiger partial charge on any atom is -0.477 e. The van der Waals surface area contributed by atoms with E-state index in [1.165, 1.54) is 14.2 Å². The van der Waals surface area contributed by atoms with Crippen molar-refractivity contribution in [3.05, 3.63) is 17.7 Å². The van der Waals surface area contributed by atoms with Crippen LogP contribution in [0.5, 0.6) is 11.8 Å². The van der Waals surface area contributed by atoms with Gasteiger partial charge in [0.1, 0.15) is 6.07 Å². The van der Waals surface area contributed by atoms with Crippen molar-refractivity contribution >= 4 is 16.7 Å². The Labute approximate surface area is 97.6 Å². The highest BCUT2D eigenvalue weighted by molar-refractivity contribution is 5.82. The molecule has 1 aromatic carbocycles. The first-order chi connectivity index (χ1) is 8.19. The van der Waals surface area contributed by atoms with Crippen molar-refractivity contribution < 1.29 is 9.47 Å². The number of aromatic nitrogens is 2. The number of anilines is 1. The summed E-state index contributed by atoms with van der Waals surface area (Å²) in [5.41, 5.74) is 7.51. The maximum absolute atomic E-state index is 8.87. The van der Waals surface area contributed by atoms with E-state index in [2.05, 4.69) is 9.97 Å². The Bertz CT molecular complexity index is 619. The third-order valence-corrected chi connectivity index (χ3v) is 2.28. The summed E-state index contributed by atoms with van der Waals surface area (Å²) >= 11 is 0. The molecular formula is C11H10N4O2. The van der Waals surface area contributed by atoms with E-state index in [4.69, 9.17) is 20.5 Å². The lowest BCUT2D eigenvalue weighted by molar-refractivity contribution is 0.334. The summed E-state index contributed by atoms with van der Waals surface area (Å²) in [7, 11) is 2.95. The molecule has 86 valence electrons. The second kappa shape index (κ2) is 4.14. The fourth-order valence-electron chi connectivity index (χ4n) is 1.45. The topological polar surface area (TPSA) is 94.1 Å². The van der Waals surface area contributed by atoms with Crippen LogP contribution >= 0.6 is 0 Å². The van der Waals surface area contributed by atoms with Crippen LogP contribution in [0.1, 0.15) is 5.56 Å². The van der Waals surface area contributed by atoms with E-state index >= 15 is 0 Å². The summed E-state index contributed by atoms with van der Waals surface area (Å²) in [5, 5.41) is 8.87. The van der Waals surface area contributed by atoms with Crippen LogP contribution in [-0.4, -0.2) is 24.2 Å². The molecule has 17 heavy (non-hydrogen) atoms. The molecule has 0 atom stereocenters. The van der Waals surface area contributed by atoms with Gasteiger partial charge >= 0.3 is 0 Å². The van der Waals surface area contributed by atoms with Gasteiger partial charge < -0.3 is 15.2 Å². The van der Waals surface area contributed by atoms with Crippen LogP contribution in [0.2, 0.25) is 0 Å². The number of nitrogens with two attached hydrogens (primary N) is 1. The molecule has 0 unspecified atom stereocenters. The van der Waals surface area contributed by atoms with E-state index in [0.29, 0.717) is 22.3 Å². The first kappa shape index (κ1) is 11.0. The summed E-state index contributed by atoms with van der Waals surface area (Å²) in [6.07, 6.45) is 0. The highest BCUT2D eigenvalue weighted by Gasteiger charge is 2.11. The Balaban J connectivity index is 2.75. The van der Waals surface area contributed by atoms with Crippen LogP contribution in [0, 0.1) is 11.3 Å². The summed E-state index contributed by atoms with van der Waals surface area (Å²) in [6.45, 7) is 0. The molecule has 0 radical (unpaired) electrons. The molecule has 0 aliphatic heterocycles. The standard InChI is InChI=1S/C11H10N4O2/c1-16-10-11(17-2)15-9-4-7(13)6(5-12)3-8(9)14-10/h3-4H,13H2,1-2H3. The lowest BCUT2D eigenvalue weighted by Crippen LogP contribution is -1.99. The molecule has 6 nitrogen and oxygen atoms in total. The molecule has 0 saturated heterocycles. The number of nitrogen functional groups attached to an aromatic ring is 1. The Morgan fingerprint density at radius 1 is 1.12 bits per heavy atom. The number of hydrogen-bond acceptors (Lipinski definition) is 6. The molecule has 2 N–H and O–H groups in total. The third kappa shape index (κ3) is 1.78. The number of benzene rings is 1. The fourth-order valence-corrected chi connectivity index (χ4v) is 1.45. The van der Waals surface area contributed by atoms with Crippen LogP contribution in [0.15, 0.2) is 12.1 Å². The monoisotopic (exact) mass is 230 g/mol. The zero-order valence-corrected chi connectivity index (χ0v) is 9.39. The number of nitriles is 1. The maximum Gasteiger partial charge on any atom is 0.278 e. The lowest BCUT2D eigenvalue weighted by atomic mass is 10.1. The quantitative estimate of drug-likeness (QED) is 0.776. The van der Waals surface area contributed by atoms with E-state index in [0.717, 1.165) is 0 Å². The zero-order chi connectivity index (χ0) is 12.4. The average Bonchev–Trinajstić information content (AvgIpc) is 2.36. The molecule has 0 fully saturated rings. The van der Waals surface area contributed by atoms with Gasteiger partial charge in [0.25, 0.3) is 11.8 Å². The van der Waals surface area contributed by atoms with Gasteiger partial charge in [-0.25, -0.2) is 9.97 Å². The number of hydrogen-bond donors (Lipinski definition) is 1. The second-order valence-electron chi connectivity index (χ2n) is 3.28. The van der Waals surface area contributed by atoms with E-state index in [-0.39, 0.29) is 11.8 Å². The zero-order valence-electron chi connectivity index (χ0n) is 9.39. The van der Waals surface area contributed by atoms with Gasteiger partial charge in [-0.1, -0.05) is 0 Å². The summed E-state index contributed by atoms with van der Waals surface area (Å²) < 4.78 is 10.1. The molecule has 0 aliphatic carbocycles. The molecule has 0 aliphatic rings. The molecule has 1 heterocycles. The van der Waals surface area contributed by atoms with Gasteiger partial charge in [0, 0.05) is 0 Å². The van der Waals surface area contributed by atoms with Gasteiger partial charge in [0.2, 0.25) is 0 Å². The highest BCUT2D eigenvalue weighted by atomic mass is 16.5. The Morgan fingerprint density at radius 3 is 2.12 bits per heavy atom. The normalized spacial score (nSPS) is 9.94. The molecule has 6 heteroatoms. The summed E-state index contributed by atoms with van der Waals surface area (Å²) in [5.74, 6) is 0.553. The van der Waals surface area contributed by atoms with Crippen molar-refractivity contribution in [1.29, 1.82) is 5.26 Å². The van der Waals surface area contributed by atoms with Gasteiger partial charge in [-0.15, -0.1) is 0 Å². The Kier molecular flexibility index (Phi) is 2.66. The summed E-state index contributed by atoms with van der Waals surface area (Å²) in [6, 6.07) is 5.14. The predicted molar refractivity (Wildman–Crippen MR) is 61.8 cm³/mol. The minimum absolute atomic E-state index is 0.272. The average molecular weight is 230 g/mol. The van der Waals surface area contributed by atoms with Crippen molar-refractivity contribution in [3.63, 3.8) is 0 Å². The van der Waals surface area contributed by atoms with Gasteiger partial charge in [0.15, 0.2) is 0 Å². The van der Waals surface area contributed by atoms with Crippen molar-refractivity contribution in [2.45, 2.75) is 0 Å². The first-order valence-electron chi connectivity index (χ1n) is 4.79. The number of nitrogens with zero attached hydrogens (tertiary/aromatic N) is 3. The van der Waals surface area contributed by atoms with E-state index in [9.17, 15) is 0 Å². The van der Waals surface area contributed by atoms with Crippen molar-refractivity contribution in [2.24, 2.45) is 0 Å². The van der Waals surface area contributed by atoms with Gasteiger partial charge in [-0.05, 0) is 12.1 Å². The maximum atomic E-state index is 8.87. The van der Waals surface area contributed by atoms with Gasteiger partial charge in [0.05, 0.1) is 36.5 Å². The largest absolute Gasteiger partial charge is 0.477 e. The van der Waals surface area contributed by atoms with Crippen LogP contribution < -0.4 is 15.2 Å². The molecule has 2 aromatic rings. The fraction of sp³-hybridized carbons (Fsp3) is 0.182. The third-order valence-electron chi connectivity index (χ3n) is 2.28. The number of ether oxygens (including phenoxy) is 2. The van der Waals surface area contributed by atoms with E-state index < -0.39 is 0 Å². The SMILES string of the molecule is COc1nc2cc(N)c(C#N)cc2nc1OC. The first-order valence-corrected chi connectivity index (χ1v) is 4.79. The molecule has 0 spiro atoms. The molecule has 0 amide bonds. The van der Waals surface area contributed by atoms with Crippen molar-refractivity contribution in [2.75, 3.05) is 20.0 Å². The molecule has 0 bridgehead atoms. The number of rotatable bonds is 2. The number of fused-ring (bicyclic) bond motifs is 1. The molecule has 2 rings (SSSR count). The van der Waals surface area contributed by atoms with Crippen LogP contribution in [0.4, 0.5) is 5.69 Å². The highest BCUT2D eigenvalue weighted by Crippen LogP contribution is 2.27. The van der Waals surface area contributed by atoms with Gasteiger partial charge in [-0.3, -0.25) is 0 Å². The second-order valence-corrected chi connectivity index (χ2v) is 3.28.